The van der Waals surface area contributed by atoms with Crippen LogP contribution in [0.1, 0.15) is 245 Å². The van der Waals surface area contributed by atoms with E-state index in [4.69, 9.17) is 9.47 Å². The predicted octanol–water partition coefficient (Wildman–Crippen LogP) is 13.9. The molecule has 0 heterocycles. The van der Waals surface area contributed by atoms with E-state index in [1.54, 1.807) is 0 Å². The van der Waals surface area contributed by atoms with Crippen LogP contribution in [0.2, 0.25) is 0 Å². The maximum Gasteiger partial charge on any atom is 0.306 e. The van der Waals surface area contributed by atoms with E-state index in [-0.39, 0.29) is 24.1 Å². The molecule has 0 aliphatic heterocycles. The van der Waals surface area contributed by atoms with Crippen molar-refractivity contribution in [1.29, 1.82) is 0 Å². The first-order valence-electron chi connectivity index (χ1n) is 25.9. The van der Waals surface area contributed by atoms with Gasteiger partial charge in [-0.25, -0.2) is 0 Å². The molecule has 6 heteroatoms. The van der Waals surface area contributed by atoms with Crippen LogP contribution in [-0.2, 0) is 19.1 Å². The Balaban J connectivity index is 1.24. The highest BCUT2D eigenvalue weighted by Gasteiger charge is 2.37. The highest BCUT2D eigenvalue weighted by molar-refractivity contribution is 5.70. The zero-order valence-corrected chi connectivity index (χ0v) is 38.8. The molecule has 0 aromatic rings. The van der Waals surface area contributed by atoms with Crippen molar-refractivity contribution in [3.63, 3.8) is 0 Å². The second-order valence-corrected chi connectivity index (χ2v) is 20.9. The molecule has 0 radical (unpaired) electrons. The third-order valence-electron chi connectivity index (χ3n) is 15.6. The van der Waals surface area contributed by atoms with Crippen LogP contribution in [0.15, 0.2) is 0 Å². The van der Waals surface area contributed by atoms with Gasteiger partial charge < -0.3 is 19.5 Å². The van der Waals surface area contributed by atoms with Crippen molar-refractivity contribution in [3.05, 3.63) is 0 Å². The monoisotopic (exact) mass is 814 g/mol. The molecule has 0 aromatic carbocycles. The molecule has 1 N–H and O–H groups in total. The Hall–Kier alpha value is -1.14. The number of rotatable bonds is 32. The van der Waals surface area contributed by atoms with E-state index in [1.807, 2.05) is 0 Å². The van der Waals surface area contributed by atoms with Crippen LogP contribution in [0.4, 0.5) is 0 Å². The molecule has 0 saturated heterocycles. The number of carbonyl (C=O) groups is 2. The van der Waals surface area contributed by atoms with Crippen molar-refractivity contribution in [2.45, 2.75) is 263 Å². The number of nitrogens with zero attached hydrogens (tertiary/aromatic N) is 1. The van der Waals surface area contributed by atoms with E-state index >= 15 is 0 Å². The first kappa shape index (κ1) is 49.5. The Morgan fingerprint density at radius 2 is 0.931 bits per heavy atom. The minimum Gasteiger partial charge on any atom is -0.462 e. The number of unbranched alkanes of at least 4 members (excludes halogenated alkanes) is 8. The third kappa shape index (κ3) is 19.7. The number of fused-ring (bicyclic) bond motifs is 2. The number of hydrogen-bond donors (Lipinski definition) is 1. The summed E-state index contributed by atoms with van der Waals surface area (Å²) in [5, 5.41) is 12.0. The van der Waals surface area contributed by atoms with E-state index in [0.717, 1.165) is 87.0 Å². The third-order valence-corrected chi connectivity index (χ3v) is 15.6. The largest absolute Gasteiger partial charge is 0.462 e. The minimum absolute atomic E-state index is 0.0225. The molecule has 4 fully saturated rings. The summed E-state index contributed by atoms with van der Waals surface area (Å²) in [4.78, 5) is 28.9. The quantitative estimate of drug-likeness (QED) is 0.0538. The molecule has 0 bridgehead atoms. The molecule has 0 amide bonds. The maximum atomic E-state index is 13.5. The van der Waals surface area contributed by atoms with Crippen molar-refractivity contribution in [3.8, 4) is 0 Å². The first-order valence-corrected chi connectivity index (χ1v) is 25.9. The Bertz CT molecular complexity index is 1020. The minimum atomic E-state index is -0.883. The van der Waals surface area contributed by atoms with Gasteiger partial charge in [-0.3, -0.25) is 9.59 Å². The van der Waals surface area contributed by atoms with Gasteiger partial charge in [0.25, 0.3) is 0 Å². The summed E-state index contributed by atoms with van der Waals surface area (Å²) in [5.74, 6) is 5.27. The number of ether oxygens (including phenoxy) is 2. The van der Waals surface area contributed by atoms with Crippen molar-refractivity contribution < 1.29 is 24.2 Å². The van der Waals surface area contributed by atoms with E-state index in [9.17, 15) is 14.7 Å². The van der Waals surface area contributed by atoms with Crippen molar-refractivity contribution in [1.82, 2.24) is 4.90 Å². The molecular formula is C52H95NO5. The average molecular weight is 814 g/mol. The van der Waals surface area contributed by atoms with Crippen LogP contribution in [-0.4, -0.2) is 60.4 Å². The van der Waals surface area contributed by atoms with Gasteiger partial charge in [-0.1, -0.05) is 117 Å². The molecule has 6 nitrogen and oxygen atoms in total. The van der Waals surface area contributed by atoms with Gasteiger partial charge in [0.15, 0.2) is 0 Å². The summed E-state index contributed by atoms with van der Waals surface area (Å²) in [7, 11) is 4.15. The van der Waals surface area contributed by atoms with Gasteiger partial charge in [-0.2, -0.15) is 0 Å². The van der Waals surface area contributed by atoms with Gasteiger partial charge in [0.05, 0.1) is 5.60 Å². The van der Waals surface area contributed by atoms with E-state index in [0.29, 0.717) is 44.9 Å². The SMILES string of the molecule is CCCCCCCC(CCCCCCC)OC(=O)CCCC(O)(CCCC(=O)OC(CCC1CC2CCCCC2C1)CCC1CC2CCCCC2C1)CCCN(C)C. The first-order chi connectivity index (χ1) is 28.2. The lowest BCUT2D eigenvalue weighted by Crippen LogP contribution is -2.31. The summed E-state index contributed by atoms with van der Waals surface area (Å²) in [6.07, 6.45) is 40.5. The molecular weight excluding hydrogens is 719 g/mol. The molecule has 338 valence electrons. The molecule has 4 rings (SSSR count). The lowest BCUT2D eigenvalue weighted by Gasteiger charge is -2.29. The number of hydrogen-bond acceptors (Lipinski definition) is 6. The van der Waals surface area contributed by atoms with E-state index in [1.165, 1.54) is 141 Å². The topological polar surface area (TPSA) is 76.1 Å². The average Bonchev–Trinajstić information content (AvgIpc) is 3.82. The predicted molar refractivity (Wildman–Crippen MR) is 242 cm³/mol. The van der Waals surface area contributed by atoms with E-state index < -0.39 is 5.60 Å². The Morgan fingerprint density at radius 1 is 0.552 bits per heavy atom. The normalized spacial score (nSPS) is 26.1. The van der Waals surface area contributed by atoms with Gasteiger partial charge in [0.2, 0.25) is 0 Å². The number of aliphatic hydroxyl groups is 1. The van der Waals surface area contributed by atoms with Crippen LogP contribution in [0.3, 0.4) is 0 Å². The molecule has 5 unspecified atom stereocenters. The van der Waals surface area contributed by atoms with Crippen LogP contribution >= 0.6 is 0 Å². The zero-order chi connectivity index (χ0) is 41.4. The molecule has 4 aliphatic rings. The zero-order valence-electron chi connectivity index (χ0n) is 38.8. The maximum absolute atomic E-state index is 13.5. The van der Waals surface area contributed by atoms with Gasteiger partial charge in [-0.05, 0) is 172 Å². The molecule has 4 aliphatic carbocycles. The van der Waals surface area contributed by atoms with Crippen LogP contribution in [0, 0.1) is 35.5 Å². The summed E-state index contributed by atoms with van der Waals surface area (Å²) in [6.45, 7) is 5.41. The second-order valence-electron chi connectivity index (χ2n) is 20.9. The summed E-state index contributed by atoms with van der Waals surface area (Å²) in [5.41, 5.74) is -0.883. The fourth-order valence-electron chi connectivity index (χ4n) is 12.2. The Morgan fingerprint density at radius 3 is 1.33 bits per heavy atom. The summed E-state index contributed by atoms with van der Waals surface area (Å²) in [6, 6.07) is 0. The van der Waals surface area contributed by atoms with Crippen LogP contribution < -0.4 is 0 Å². The Labute approximate surface area is 358 Å². The van der Waals surface area contributed by atoms with Gasteiger partial charge in [-0.15, -0.1) is 0 Å². The van der Waals surface area contributed by atoms with Gasteiger partial charge >= 0.3 is 11.9 Å². The fraction of sp³-hybridized carbons (Fsp3) is 0.962. The smallest absolute Gasteiger partial charge is 0.306 e. The standard InChI is InChI=1S/C52H95NO5/c1-5-7-9-11-13-26-48(27-14-12-10-8-6-2)57-50(54)28-19-34-52(56,36-21-37-53(3)4)35-20-29-51(55)58-49(32-30-42-38-44-22-15-16-23-45(44)39-42)33-31-43-40-46-24-17-18-25-47(46)41-43/h42-49,56H,5-41H2,1-4H3. The highest BCUT2D eigenvalue weighted by Crippen LogP contribution is 2.48. The fourth-order valence-corrected chi connectivity index (χ4v) is 12.2. The van der Waals surface area contributed by atoms with E-state index in [2.05, 4.69) is 32.8 Å². The molecule has 4 saturated carbocycles. The summed E-state index contributed by atoms with van der Waals surface area (Å²) >= 11 is 0. The molecule has 5 atom stereocenters. The van der Waals surface area contributed by atoms with Crippen molar-refractivity contribution in [2.75, 3.05) is 20.6 Å². The van der Waals surface area contributed by atoms with Crippen molar-refractivity contribution in [2.24, 2.45) is 35.5 Å². The molecule has 0 spiro atoms. The number of esters is 2. The lowest BCUT2D eigenvalue weighted by molar-refractivity contribution is -0.151. The van der Waals surface area contributed by atoms with Crippen LogP contribution in [0.25, 0.3) is 0 Å². The molecule has 0 aromatic heterocycles. The second kappa shape index (κ2) is 28.5. The molecule has 58 heavy (non-hydrogen) atoms. The number of carbonyl (C=O) groups excluding carboxylic acids is 2. The highest BCUT2D eigenvalue weighted by atomic mass is 16.5. The lowest BCUT2D eigenvalue weighted by atomic mass is 9.82. The van der Waals surface area contributed by atoms with Crippen molar-refractivity contribution >= 4 is 11.9 Å². The van der Waals surface area contributed by atoms with Crippen LogP contribution in [0.5, 0.6) is 0 Å². The summed E-state index contributed by atoms with van der Waals surface area (Å²) < 4.78 is 12.5. The Kier molecular flexibility index (Phi) is 24.3. The van der Waals surface area contributed by atoms with Gasteiger partial charge in [0.1, 0.15) is 12.2 Å². The van der Waals surface area contributed by atoms with Gasteiger partial charge in [0, 0.05) is 12.8 Å².